The van der Waals surface area contributed by atoms with Crippen molar-refractivity contribution in [3.05, 3.63) is 29.8 Å². The molecule has 0 saturated heterocycles. The van der Waals surface area contributed by atoms with Crippen molar-refractivity contribution in [3.63, 3.8) is 0 Å². The van der Waals surface area contributed by atoms with E-state index >= 15 is 0 Å². The first-order valence-corrected chi connectivity index (χ1v) is 4.81. The number of ether oxygens (including phenoxy) is 1. The monoisotopic (exact) mass is 204 g/mol. The van der Waals surface area contributed by atoms with Crippen LogP contribution in [0.25, 0.3) is 0 Å². The summed E-state index contributed by atoms with van der Waals surface area (Å²) in [6.45, 7) is 3.00. The van der Waals surface area contributed by atoms with E-state index in [4.69, 9.17) is 4.74 Å². The SMILES string of the molecule is Cc1ccccc1NC(=O)C1=NCCO1. The lowest BCUT2D eigenvalue weighted by atomic mass is 10.2. The van der Waals surface area contributed by atoms with E-state index in [9.17, 15) is 4.79 Å². The molecule has 1 amide bonds. The molecule has 0 aromatic heterocycles. The molecule has 0 saturated carbocycles. The van der Waals surface area contributed by atoms with Crippen molar-refractivity contribution >= 4 is 17.5 Å². The Kier molecular flexibility index (Phi) is 2.67. The third kappa shape index (κ3) is 2.15. The minimum absolute atomic E-state index is 0.179. The van der Waals surface area contributed by atoms with Gasteiger partial charge in [0.05, 0.1) is 6.54 Å². The first-order valence-electron chi connectivity index (χ1n) is 4.81. The third-order valence-electron chi connectivity index (χ3n) is 2.17. The summed E-state index contributed by atoms with van der Waals surface area (Å²) < 4.78 is 5.06. The summed E-state index contributed by atoms with van der Waals surface area (Å²) in [6, 6.07) is 7.59. The number of rotatable bonds is 2. The number of carbonyl (C=O) groups is 1. The first kappa shape index (κ1) is 9.71. The molecule has 78 valence electrons. The van der Waals surface area contributed by atoms with Gasteiger partial charge in [-0.25, -0.2) is 4.99 Å². The zero-order valence-electron chi connectivity index (χ0n) is 8.49. The molecule has 1 aliphatic heterocycles. The van der Waals surface area contributed by atoms with E-state index in [2.05, 4.69) is 10.3 Å². The van der Waals surface area contributed by atoms with Gasteiger partial charge in [-0.15, -0.1) is 0 Å². The van der Waals surface area contributed by atoms with E-state index in [-0.39, 0.29) is 11.8 Å². The summed E-state index contributed by atoms with van der Waals surface area (Å²) in [7, 11) is 0. The van der Waals surface area contributed by atoms with Gasteiger partial charge in [-0.3, -0.25) is 4.79 Å². The second-order valence-electron chi connectivity index (χ2n) is 3.30. The molecule has 0 aliphatic carbocycles. The predicted molar refractivity (Wildman–Crippen MR) is 58.1 cm³/mol. The zero-order valence-corrected chi connectivity index (χ0v) is 8.49. The number of hydrogen-bond acceptors (Lipinski definition) is 3. The van der Waals surface area contributed by atoms with Crippen LogP contribution in [0.3, 0.4) is 0 Å². The lowest BCUT2D eigenvalue weighted by molar-refractivity contribution is -0.111. The Labute approximate surface area is 88.0 Å². The molecule has 0 spiro atoms. The third-order valence-corrected chi connectivity index (χ3v) is 2.17. The minimum atomic E-state index is -0.276. The van der Waals surface area contributed by atoms with E-state index in [1.807, 2.05) is 31.2 Å². The minimum Gasteiger partial charge on any atom is -0.472 e. The fraction of sp³-hybridized carbons (Fsp3) is 0.273. The van der Waals surface area contributed by atoms with Gasteiger partial charge in [-0.05, 0) is 18.6 Å². The molecular weight excluding hydrogens is 192 g/mol. The maximum Gasteiger partial charge on any atom is 0.310 e. The number of carbonyl (C=O) groups excluding carboxylic acids is 1. The number of amides is 1. The molecule has 4 nitrogen and oxygen atoms in total. The van der Waals surface area contributed by atoms with Crippen LogP contribution in [0.1, 0.15) is 5.56 Å². The van der Waals surface area contributed by atoms with Crippen LogP contribution in [0.15, 0.2) is 29.3 Å². The van der Waals surface area contributed by atoms with Gasteiger partial charge in [-0.1, -0.05) is 18.2 Å². The Morgan fingerprint density at radius 2 is 2.27 bits per heavy atom. The van der Waals surface area contributed by atoms with Crippen LogP contribution in [-0.4, -0.2) is 25.0 Å². The molecule has 1 aromatic carbocycles. The second kappa shape index (κ2) is 4.13. The van der Waals surface area contributed by atoms with E-state index in [1.54, 1.807) is 0 Å². The summed E-state index contributed by atoms with van der Waals surface area (Å²) >= 11 is 0. The number of nitrogens with zero attached hydrogens (tertiary/aromatic N) is 1. The molecule has 1 aliphatic rings. The Morgan fingerprint density at radius 1 is 1.47 bits per heavy atom. The highest BCUT2D eigenvalue weighted by molar-refractivity contribution is 6.40. The lowest BCUT2D eigenvalue weighted by Crippen LogP contribution is -2.23. The maximum absolute atomic E-state index is 11.6. The molecule has 0 unspecified atom stereocenters. The summed E-state index contributed by atoms with van der Waals surface area (Å²) in [5, 5.41) is 2.76. The van der Waals surface area contributed by atoms with Gasteiger partial charge >= 0.3 is 5.91 Å². The van der Waals surface area contributed by atoms with Gasteiger partial charge in [0.2, 0.25) is 0 Å². The number of aliphatic imine (C=N–C) groups is 1. The molecule has 2 rings (SSSR count). The van der Waals surface area contributed by atoms with Gasteiger partial charge in [-0.2, -0.15) is 0 Å². The van der Waals surface area contributed by atoms with Gasteiger partial charge in [0.15, 0.2) is 0 Å². The average Bonchev–Trinajstić information content (AvgIpc) is 2.74. The highest BCUT2D eigenvalue weighted by Crippen LogP contribution is 2.13. The first-order chi connectivity index (χ1) is 7.27. The van der Waals surface area contributed by atoms with Crippen LogP contribution in [0.4, 0.5) is 5.69 Å². The van der Waals surface area contributed by atoms with Crippen LogP contribution in [0.5, 0.6) is 0 Å². The largest absolute Gasteiger partial charge is 0.472 e. The molecule has 0 fully saturated rings. The molecule has 1 heterocycles. The molecule has 1 aromatic rings. The van der Waals surface area contributed by atoms with E-state index in [1.165, 1.54) is 0 Å². The second-order valence-corrected chi connectivity index (χ2v) is 3.30. The van der Waals surface area contributed by atoms with Crippen molar-refractivity contribution in [2.75, 3.05) is 18.5 Å². The van der Waals surface area contributed by atoms with Crippen molar-refractivity contribution in [1.29, 1.82) is 0 Å². The van der Waals surface area contributed by atoms with Gasteiger partial charge < -0.3 is 10.1 Å². The molecule has 1 N–H and O–H groups in total. The zero-order chi connectivity index (χ0) is 10.7. The van der Waals surface area contributed by atoms with Gasteiger partial charge in [0.25, 0.3) is 5.90 Å². The standard InChI is InChI=1S/C11H12N2O2/c1-8-4-2-3-5-9(8)13-10(14)11-12-6-7-15-11/h2-5H,6-7H2,1H3,(H,13,14). The summed E-state index contributed by atoms with van der Waals surface area (Å²) in [4.78, 5) is 15.5. The van der Waals surface area contributed by atoms with Crippen molar-refractivity contribution in [3.8, 4) is 0 Å². The van der Waals surface area contributed by atoms with E-state index in [0.29, 0.717) is 13.2 Å². The van der Waals surface area contributed by atoms with Crippen molar-refractivity contribution in [1.82, 2.24) is 0 Å². The molecule has 0 bridgehead atoms. The Morgan fingerprint density at radius 3 is 2.93 bits per heavy atom. The number of para-hydroxylation sites is 1. The quantitative estimate of drug-likeness (QED) is 0.790. The summed E-state index contributed by atoms with van der Waals surface area (Å²) in [5.41, 5.74) is 1.81. The molecule has 0 atom stereocenters. The maximum atomic E-state index is 11.6. The van der Waals surface area contributed by atoms with Crippen molar-refractivity contribution in [2.45, 2.75) is 6.92 Å². The van der Waals surface area contributed by atoms with Crippen molar-refractivity contribution in [2.24, 2.45) is 4.99 Å². The molecule has 15 heavy (non-hydrogen) atoms. The van der Waals surface area contributed by atoms with Crippen LogP contribution >= 0.6 is 0 Å². The number of hydrogen-bond donors (Lipinski definition) is 1. The van der Waals surface area contributed by atoms with Gasteiger partial charge in [0, 0.05) is 5.69 Å². The topological polar surface area (TPSA) is 50.7 Å². The molecular formula is C11H12N2O2. The Balaban J connectivity index is 2.09. The number of nitrogens with one attached hydrogen (secondary N) is 1. The van der Waals surface area contributed by atoms with Crippen LogP contribution in [-0.2, 0) is 9.53 Å². The Bertz CT molecular complexity index is 413. The smallest absolute Gasteiger partial charge is 0.310 e. The van der Waals surface area contributed by atoms with Gasteiger partial charge in [0.1, 0.15) is 6.61 Å². The summed E-state index contributed by atoms with van der Waals surface area (Å²) in [6.07, 6.45) is 0. The fourth-order valence-corrected chi connectivity index (χ4v) is 1.36. The number of benzene rings is 1. The van der Waals surface area contributed by atoms with Crippen LogP contribution < -0.4 is 5.32 Å². The molecule has 4 heteroatoms. The van der Waals surface area contributed by atoms with Crippen LogP contribution in [0.2, 0.25) is 0 Å². The van der Waals surface area contributed by atoms with Crippen LogP contribution in [0, 0.1) is 6.92 Å². The van der Waals surface area contributed by atoms with E-state index in [0.717, 1.165) is 11.3 Å². The Hall–Kier alpha value is -1.84. The predicted octanol–water partition coefficient (Wildman–Crippen LogP) is 1.36. The number of aryl methyl sites for hydroxylation is 1. The van der Waals surface area contributed by atoms with E-state index < -0.39 is 0 Å². The highest BCUT2D eigenvalue weighted by Gasteiger charge is 2.17. The lowest BCUT2D eigenvalue weighted by Gasteiger charge is -2.07. The number of anilines is 1. The highest BCUT2D eigenvalue weighted by atomic mass is 16.5. The fourth-order valence-electron chi connectivity index (χ4n) is 1.36. The normalized spacial score (nSPS) is 14.3. The summed E-state index contributed by atoms with van der Waals surface area (Å²) in [5.74, 6) is -0.0972. The molecule has 0 radical (unpaired) electrons. The van der Waals surface area contributed by atoms with Crippen molar-refractivity contribution < 1.29 is 9.53 Å². The average molecular weight is 204 g/mol.